The lowest BCUT2D eigenvalue weighted by Crippen LogP contribution is -2.21. The van der Waals surface area contributed by atoms with Crippen molar-refractivity contribution in [1.82, 2.24) is 0 Å². The Bertz CT molecular complexity index is 854. The Morgan fingerprint density at radius 1 is 1.28 bits per heavy atom. The first-order chi connectivity index (χ1) is 11.8. The van der Waals surface area contributed by atoms with Gasteiger partial charge >= 0.3 is 5.97 Å². The number of ether oxygens (including phenoxy) is 1. The van der Waals surface area contributed by atoms with E-state index < -0.39 is 29.1 Å². The summed E-state index contributed by atoms with van der Waals surface area (Å²) in [7, 11) is 0. The van der Waals surface area contributed by atoms with Gasteiger partial charge in [-0.1, -0.05) is 17.7 Å². The van der Waals surface area contributed by atoms with Crippen molar-refractivity contribution in [2.75, 3.05) is 17.7 Å². The van der Waals surface area contributed by atoms with Crippen molar-refractivity contribution in [3.63, 3.8) is 0 Å². The highest BCUT2D eigenvalue weighted by atomic mass is 35.5. The second-order valence-corrected chi connectivity index (χ2v) is 5.55. The number of carbonyl (C=O) groups is 2. The average Bonchev–Trinajstić information content (AvgIpc) is 2.55. The summed E-state index contributed by atoms with van der Waals surface area (Å²) < 4.78 is 4.84. The molecule has 0 saturated carbocycles. The highest BCUT2D eigenvalue weighted by molar-refractivity contribution is 6.33. The van der Waals surface area contributed by atoms with Crippen molar-refractivity contribution in [1.29, 1.82) is 0 Å². The number of nitro groups is 1. The van der Waals surface area contributed by atoms with Gasteiger partial charge in [-0.2, -0.15) is 0 Å². The summed E-state index contributed by atoms with van der Waals surface area (Å²) in [5.74, 6) is -1.47. The number of nitrogens with zero attached hydrogens (tertiary/aromatic N) is 1. The number of halogens is 1. The molecular formula is C16H14ClN3O5. The first-order valence-corrected chi connectivity index (χ1v) is 7.43. The molecule has 0 spiro atoms. The molecule has 2 aromatic rings. The monoisotopic (exact) mass is 363 g/mol. The summed E-state index contributed by atoms with van der Waals surface area (Å²) >= 11 is 6.00. The molecule has 25 heavy (non-hydrogen) atoms. The van der Waals surface area contributed by atoms with E-state index in [1.165, 1.54) is 12.1 Å². The van der Waals surface area contributed by atoms with Crippen LogP contribution in [0.25, 0.3) is 0 Å². The number of nitrogen functional groups attached to an aromatic ring is 1. The van der Waals surface area contributed by atoms with Gasteiger partial charge in [0.1, 0.15) is 5.69 Å². The lowest BCUT2D eigenvalue weighted by Gasteiger charge is -2.09. The normalized spacial score (nSPS) is 10.2. The lowest BCUT2D eigenvalue weighted by atomic mass is 10.2. The third-order valence-electron chi connectivity index (χ3n) is 3.20. The van der Waals surface area contributed by atoms with Crippen LogP contribution in [0.5, 0.6) is 0 Å². The first kappa shape index (κ1) is 18.2. The number of aryl methyl sites for hydroxylation is 1. The van der Waals surface area contributed by atoms with Crippen molar-refractivity contribution < 1.29 is 19.2 Å². The van der Waals surface area contributed by atoms with Crippen molar-refractivity contribution in [3.8, 4) is 0 Å². The summed E-state index contributed by atoms with van der Waals surface area (Å²) in [6, 6.07) is 8.56. The van der Waals surface area contributed by atoms with Crippen LogP contribution in [0.15, 0.2) is 36.4 Å². The summed E-state index contributed by atoms with van der Waals surface area (Å²) in [6.07, 6.45) is 0. The van der Waals surface area contributed by atoms with Crippen LogP contribution in [0, 0.1) is 17.0 Å². The van der Waals surface area contributed by atoms with Crippen LogP contribution >= 0.6 is 11.6 Å². The second-order valence-electron chi connectivity index (χ2n) is 5.14. The number of benzene rings is 2. The molecule has 130 valence electrons. The maximum atomic E-state index is 11.9. The molecule has 9 heteroatoms. The Hall–Kier alpha value is -3.13. The number of carbonyl (C=O) groups excluding carboxylic acids is 2. The molecule has 2 aromatic carbocycles. The van der Waals surface area contributed by atoms with Crippen molar-refractivity contribution in [2.45, 2.75) is 6.92 Å². The number of rotatable bonds is 5. The van der Waals surface area contributed by atoms with Gasteiger partial charge in [-0.25, -0.2) is 4.79 Å². The van der Waals surface area contributed by atoms with Gasteiger partial charge in [0, 0.05) is 6.07 Å². The van der Waals surface area contributed by atoms with E-state index in [1.807, 2.05) is 6.92 Å². The number of hydrogen-bond donors (Lipinski definition) is 2. The van der Waals surface area contributed by atoms with Crippen LogP contribution in [-0.4, -0.2) is 23.4 Å². The molecule has 0 aromatic heterocycles. The van der Waals surface area contributed by atoms with Gasteiger partial charge < -0.3 is 15.8 Å². The van der Waals surface area contributed by atoms with Crippen LogP contribution in [-0.2, 0) is 9.53 Å². The molecule has 3 N–H and O–H groups in total. The summed E-state index contributed by atoms with van der Waals surface area (Å²) in [5.41, 5.74) is 6.20. The predicted molar refractivity (Wildman–Crippen MR) is 92.6 cm³/mol. The minimum Gasteiger partial charge on any atom is -0.452 e. The predicted octanol–water partition coefficient (Wildman–Crippen LogP) is 2.93. The van der Waals surface area contributed by atoms with E-state index in [1.54, 1.807) is 18.2 Å². The fraction of sp³-hybridized carbons (Fsp3) is 0.125. The zero-order valence-corrected chi connectivity index (χ0v) is 13.9. The summed E-state index contributed by atoms with van der Waals surface area (Å²) in [4.78, 5) is 33.9. The number of amides is 1. The molecule has 0 radical (unpaired) electrons. The van der Waals surface area contributed by atoms with Gasteiger partial charge in [-0.15, -0.1) is 0 Å². The highest BCUT2D eigenvalue weighted by Gasteiger charge is 2.17. The molecular weight excluding hydrogens is 350 g/mol. The maximum absolute atomic E-state index is 11.9. The molecule has 0 heterocycles. The number of nitrogens with two attached hydrogens (primary N) is 1. The lowest BCUT2D eigenvalue weighted by molar-refractivity contribution is -0.383. The average molecular weight is 364 g/mol. The number of esters is 1. The minimum atomic E-state index is -0.881. The smallest absolute Gasteiger partial charge is 0.338 e. The van der Waals surface area contributed by atoms with Gasteiger partial charge in [0.05, 0.1) is 21.2 Å². The second kappa shape index (κ2) is 7.63. The number of nitro benzene ring substituents is 1. The van der Waals surface area contributed by atoms with E-state index in [0.717, 1.165) is 11.6 Å². The Morgan fingerprint density at radius 2 is 2.00 bits per heavy atom. The van der Waals surface area contributed by atoms with Crippen LogP contribution in [0.1, 0.15) is 15.9 Å². The van der Waals surface area contributed by atoms with Gasteiger partial charge in [0.25, 0.3) is 11.6 Å². The quantitative estimate of drug-likeness (QED) is 0.364. The van der Waals surface area contributed by atoms with Gasteiger partial charge in [-0.05, 0) is 36.8 Å². The van der Waals surface area contributed by atoms with Crippen LogP contribution in [0.3, 0.4) is 0 Å². The molecule has 8 nitrogen and oxygen atoms in total. The van der Waals surface area contributed by atoms with E-state index in [4.69, 9.17) is 22.1 Å². The van der Waals surface area contributed by atoms with E-state index in [0.29, 0.717) is 10.7 Å². The van der Waals surface area contributed by atoms with E-state index in [9.17, 15) is 19.7 Å². The fourth-order valence-corrected chi connectivity index (χ4v) is 2.23. The van der Waals surface area contributed by atoms with Gasteiger partial charge in [0.2, 0.25) is 0 Å². The van der Waals surface area contributed by atoms with Gasteiger partial charge in [-0.3, -0.25) is 14.9 Å². The third-order valence-corrected chi connectivity index (χ3v) is 3.51. The fourth-order valence-electron chi connectivity index (χ4n) is 1.95. The zero-order valence-electron chi connectivity index (χ0n) is 13.1. The molecule has 0 unspecified atom stereocenters. The molecule has 0 bridgehead atoms. The van der Waals surface area contributed by atoms with E-state index in [2.05, 4.69) is 5.32 Å². The van der Waals surface area contributed by atoms with Crippen molar-refractivity contribution in [3.05, 3.63) is 62.7 Å². The van der Waals surface area contributed by atoms with Crippen LogP contribution in [0.4, 0.5) is 17.1 Å². The molecule has 0 aliphatic carbocycles. The standard InChI is InChI=1S/C16H14ClN3O5/c1-9-2-5-13(11(17)6-9)19-15(21)8-25-16(22)10-3-4-12(18)14(7-10)20(23)24/h2-7H,8,18H2,1H3,(H,19,21). The van der Waals surface area contributed by atoms with Crippen molar-refractivity contribution in [2.24, 2.45) is 0 Å². The third kappa shape index (κ3) is 4.67. The first-order valence-electron chi connectivity index (χ1n) is 7.05. The molecule has 0 saturated heterocycles. The van der Waals surface area contributed by atoms with E-state index >= 15 is 0 Å². The number of nitrogens with one attached hydrogen (secondary N) is 1. The molecule has 0 fully saturated rings. The minimum absolute atomic E-state index is 0.0756. The molecule has 0 aliphatic heterocycles. The Labute approximate surface area is 147 Å². The van der Waals surface area contributed by atoms with Crippen molar-refractivity contribution >= 4 is 40.5 Å². The summed E-state index contributed by atoms with van der Waals surface area (Å²) in [6.45, 7) is 1.28. The van der Waals surface area contributed by atoms with E-state index in [-0.39, 0.29) is 11.3 Å². The maximum Gasteiger partial charge on any atom is 0.338 e. The summed E-state index contributed by atoms with van der Waals surface area (Å²) in [5, 5.41) is 13.7. The Balaban J connectivity index is 1.98. The zero-order chi connectivity index (χ0) is 18.6. The molecule has 2 rings (SSSR count). The SMILES string of the molecule is Cc1ccc(NC(=O)COC(=O)c2ccc(N)c([N+](=O)[O-])c2)c(Cl)c1. The highest BCUT2D eigenvalue weighted by Crippen LogP contribution is 2.23. The molecule has 0 atom stereocenters. The Morgan fingerprint density at radius 3 is 2.64 bits per heavy atom. The Kier molecular flexibility index (Phi) is 5.56. The molecule has 1 amide bonds. The largest absolute Gasteiger partial charge is 0.452 e. The topological polar surface area (TPSA) is 125 Å². The number of anilines is 2. The van der Waals surface area contributed by atoms with Crippen LogP contribution < -0.4 is 11.1 Å². The molecule has 0 aliphatic rings. The van der Waals surface area contributed by atoms with Crippen LogP contribution in [0.2, 0.25) is 5.02 Å². The number of hydrogen-bond acceptors (Lipinski definition) is 6. The van der Waals surface area contributed by atoms with Gasteiger partial charge in [0.15, 0.2) is 6.61 Å².